The van der Waals surface area contributed by atoms with Gasteiger partial charge in [0.15, 0.2) is 5.82 Å². The molecule has 5 rings (SSSR count). The van der Waals surface area contributed by atoms with Crippen molar-refractivity contribution in [3.63, 3.8) is 0 Å². The molecule has 1 saturated heterocycles. The molecule has 0 spiro atoms. The largest absolute Gasteiger partial charge is 0.353 e. The van der Waals surface area contributed by atoms with Gasteiger partial charge in [0, 0.05) is 36.8 Å². The molecule has 1 aliphatic heterocycles. The van der Waals surface area contributed by atoms with Crippen LogP contribution in [0.5, 0.6) is 0 Å². The molecule has 168 valence electrons. The van der Waals surface area contributed by atoms with Crippen LogP contribution in [-0.4, -0.2) is 48.9 Å². The molecule has 0 bridgehead atoms. The summed E-state index contributed by atoms with van der Waals surface area (Å²) in [5.41, 5.74) is 3.45. The molecule has 0 amide bonds. The normalized spacial score (nSPS) is 15.5. The van der Waals surface area contributed by atoms with Crippen LogP contribution in [0.25, 0.3) is 22.3 Å². The number of rotatable bonds is 4. The SMILES string of the molecule is O=S(=O)(c1ccc(Cl)cc1)N1CCCN(c2nc3ccccc3nc2-c2ccccc2)CC1. The second-order valence-electron chi connectivity index (χ2n) is 7.95. The van der Waals surface area contributed by atoms with Crippen LogP contribution in [0.15, 0.2) is 83.8 Å². The third kappa shape index (κ3) is 4.44. The number of hydrogen-bond acceptors (Lipinski definition) is 5. The number of aromatic nitrogens is 2. The lowest BCUT2D eigenvalue weighted by atomic mass is 10.1. The number of nitrogens with zero attached hydrogens (tertiary/aromatic N) is 4. The first-order valence-electron chi connectivity index (χ1n) is 10.9. The minimum Gasteiger partial charge on any atom is -0.353 e. The van der Waals surface area contributed by atoms with Crippen molar-refractivity contribution in [1.29, 1.82) is 0 Å². The Labute approximate surface area is 198 Å². The molecule has 4 aromatic rings. The predicted octanol–water partition coefficient (Wildman–Crippen LogP) is 4.85. The quantitative estimate of drug-likeness (QED) is 0.419. The molecule has 1 aromatic heterocycles. The van der Waals surface area contributed by atoms with E-state index < -0.39 is 10.0 Å². The number of benzene rings is 3. The van der Waals surface area contributed by atoms with Crippen LogP contribution in [0.4, 0.5) is 5.82 Å². The molecule has 33 heavy (non-hydrogen) atoms. The Morgan fingerprint density at radius 1 is 0.727 bits per heavy atom. The maximum Gasteiger partial charge on any atom is 0.243 e. The van der Waals surface area contributed by atoms with Gasteiger partial charge in [-0.05, 0) is 42.8 Å². The first kappa shape index (κ1) is 21.8. The average molecular weight is 479 g/mol. The summed E-state index contributed by atoms with van der Waals surface area (Å²) in [6, 6.07) is 24.1. The van der Waals surface area contributed by atoms with Gasteiger partial charge >= 0.3 is 0 Å². The van der Waals surface area contributed by atoms with Gasteiger partial charge in [0.05, 0.1) is 15.9 Å². The van der Waals surface area contributed by atoms with Crippen LogP contribution in [-0.2, 0) is 10.0 Å². The molecule has 0 unspecified atom stereocenters. The maximum atomic E-state index is 13.2. The fraction of sp³-hybridized carbons (Fsp3) is 0.200. The third-order valence-electron chi connectivity index (χ3n) is 5.81. The molecular formula is C25H23ClN4O2S. The van der Waals surface area contributed by atoms with E-state index in [-0.39, 0.29) is 4.90 Å². The summed E-state index contributed by atoms with van der Waals surface area (Å²) < 4.78 is 27.9. The lowest BCUT2D eigenvalue weighted by Gasteiger charge is -2.25. The number of para-hydroxylation sites is 2. The highest BCUT2D eigenvalue weighted by molar-refractivity contribution is 7.89. The summed E-state index contributed by atoms with van der Waals surface area (Å²) in [7, 11) is -3.59. The first-order valence-corrected chi connectivity index (χ1v) is 12.7. The van der Waals surface area contributed by atoms with Gasteiger partial charge < -0.3 is 4.90 Å². The Kier molecular flexibility index (Phi) is 6.01. The second-order valence-corrected chi connectivity index (χ2v) is 10.3. The van der Waals surface area contributed by atoms with Crippen LogP contribution in [0, 0.1) is 0 Å². The maximum absolute atomic E-state index is 13.2. The zero-order valence-electron chi connectivity index (χ0n) is 17.9. The van der Waals surface area contributed by atoms with Gasteiger partial charge in [0.1, 0.15) is 5.69 Å². The lowest BCUT2D eigenvalue weighted by Crippen LogP contribution is -2.35. The van der Waals surface area contributed by atoms with Crippen molar-refractivity contribution in [2.24, 2.45) is 0 Å². The van der Waals surface area contributed by atoms with Crippen molar-refractivity contribution in [3.8, 4) is 11.3 Å². The standard InChI is InChI=1S/C25H23ClN4O2S/c26-20-11-13-21(14-12-20)33(31,32)30-16-6-15-29(17-18-30)25-24(19-7-2-1-3-8-19)27-22-9-4-5-10-23(22)28-25/h1-5,7-14H,6,15-18H2. The summed E-state index contributed by atoms with van der Waals surface area (Å²) in [5.74, 6) is 0.783. The Morgan fingerprint density at radius 2 is 1.39 bits per heavy atom. The number of sulfonamides is 1. The molecule has 0 radical (unpaired) electrons. The van der Waals surface area contributed by atoms with Crippen molar-refractivity contribution in [1.82, 2.24) is 14.3 Å². The summed E-state index contributed by atoms with van der Waals surface area (Å²) in [6.07, 6.45) is 0.690. The lowest BCUT2D eigenvalue weighted by molar-refractivity contribution is 0.433. The van der Waals surface area contributed by atoms with E-state index in [1.807, 2.05) is 54.6 Å². The van der Waals surface area contributed by atoms with Gasteiger partial charge in [-0.3, -0.25) is 0 Å². The van der Waals surface area contributed by atoms with Crippen LogP contribution in [0.1, 0.15) is 6.42 Å². The molecule has 0 saturated carbocycles. The van der Waals surface area contributed by atoms with Gasteiger partial charge in [-0.25, -0.2) is 18.4 Å². The van der Waals surface area contributed by atoms with Crippen LogP contribution in [0.2, 0.25) is 5.02 Å². The second kappa shape index (κ2) is 9.09. The van der Waals surface area contributed by atoms with E-state index in [2.05, 4.69) is 4.90 Å². The van der Waals surface area contributed by atoms with E-state index in [1.165, 1.54) is 0 Å². The van der Waals surface area contributed by atoms with Gasteiger partial charge in [-0.2, -0.15) is 4.31 Å². The molecule has 0 atom stereocenters. The predicted molar refractivity (Wildman–Crippen MR) is 132 cm³/mol. The summed E-state index contributed by atoms with van der Waals surface area (Å²) in [4.78, 5) is 12.3. The van der Waals surface area contributed by atoms with Crippen molar-refractivity contribution in [2.75, 3.05) is 31.1 Å². The topological polar surface area (TPSA) is 66.4 Å². The molecule has 8 heteroatoms. The molecule has 1 aliphatic rings. The van der Waals surface area contributed by atoms with E-state index in [4.69, 9.17) is 21.6 Å². The van der Waals surface area contributed by atoms with E-state index >= 15 is 0 Å². The Bertz CT molecular complexity index is 1380. The third-order valence-corrected chi connectivity index (χ3v) is 7.97. The van der Waals surface area contributed by atoms with Crippen LogP contribution < -0.4 is 4.90 Å². The molecule has 1 fully saturated rings. The molecule has 0 N–H and O–H groups in total. The zero-order valence-corrected chi connectivity index (χ0v) is 19.5. The fourth-order valence-electron chi connectivity index (χ4n) is 4.10. The summed E-state index contributed by atoms with van der Waals surface area (Å²) >= 11 is 5.94. The molecule has 3 aromatic carbocycles. The molecule has 6 nitrogen and oxygen atoms in total. The number of halogens is 1. The molecular weight excluding hydrogens is 456 g/mol. The molecule has 0 aliphatic carbocycles. The number of fused-ring (bicyclic) bond motifs is 1. The van der Waals surface area contributed by atoms with Gasteiger partial charge in [0.2, 0.25) is 10.0 Å². The highest BCUT2D eigenvalue weighted by Gasteiger charge is 2.28. The van der Waals surface area contributed by atoms with Crippen molar-refractivity contribution in [3.05, 3.63) is 83.9 Å². The smallest absolute Gasteiger partial charge is 0.243 e. The minimum atomic E-state index is -3.59. The van der Waals surface area contributed by atoms with Crippen molar-refractivity contribution in [2.45, 2.75) is 11.3 Å². The number of hydrogen-bond donors (Lipinski definition) is 0. The summed E-state index contributed by atoms with van der Waals surface area (Å²) in [6.45, 7) is 2.04. The van der Waals surface area contributed by atoms with Crippen molar-refractivity contribution >= 4 is 38.5 Å². The monoisotopic (exact) mass is 478 g/mol. The first-order chi connectivity index (χ1) is 16.0. The van der Waals surface area contributed by atoms with Gasteiger partial charge in [0.25, 0.3) is 0 Å². The minimum absolute atomic E-state index is 0.260. The Balaban J connectivity index is 1.48. The van der Waals surface area contributed by atoms with Crippen LogP contribution >= 0.6 is 11.6 Å². The van der Waals surface area contributed by atoms with E-state index in [9.17, 15) is 8.42 Å². The summed E-state index contributed by atoms with van der Waals surface area (Å²) in [5, 5.41) is 0.513. The van der Waals surface area contributed by atoms with Crippen LogP contribution in [0.3, 0.4) is 0 Å². The highest BCUT2D eigenvalue weighted by Crippen LogP contribution is 2.31. The highest BCUT2D eigenvalue weighted by atomic mass is 35.5. The Morgan fingerprint density at radius 3 is 2.12 bits per heavy atom. The van der Waals surface area contributed by atoms with E-state index in [1.54, 1.807) is 28.6 Å². The van der Waals surface area contributed by atoms with E-state index in [0.717, 1.165) is 28.1 Å². The van der Waals surface area contributed by atoms with Gasteiger partial charge in [-0.15, -0.1) is 0 Å². The van der Waals surface area contributed by atoms with Crippen molar-refractivity contribution < 1.29 is 8.42 Å². The van der Waals surface area contributed by atoms with E-state index in [0.29, 0.717) is 37.6 Å². The fourth-order valence-corrected chi connectivity index (χ4v) is 5.70. The Hall–Kier alpha value is -3.00. The average Bonchev–Trinajstić information content (AvgIpc) is 3.11. The molecule has 2 heterocycles. The number of anilines is 1. The zero-order chi connectivity index (χ0) is 22.8. The van der Waals surface area contributed by atoms with Gasteiger partial charge in [-0.1, -0.05) is 54.1 Å².